The summed E-state index contributed by atoms with van der Waals surface area (Å²) in [5.74, 6) is -6.92. The number of fused-ring (bicyclic) bond motifs is 2. The van der Waals surface area contributed by atoms with Crippen LogP contribution in [0.4, 0.5) is 23.4 Å². The van der Waals surface area contributed by atoms with E-state index < -0.39 is 57.4 Å². The minimum atomic E-state index is -1.65. The SMILES string of the molecule is C=CC(=O)N1CC2CSc3c(F)c(-c4c(O)ccc(F)c4F)c(F)c4c3c(nc(=O)n4-c3c(C)ccnc3C(C)C)N2CC1C. The number of amides is 1. The number of phenols is 1. The Bertz CT molecular complexity index is 1980. The van der Waals surface area contributed by atoms with Crippen molar-refractivity contribution in [2.24, 2.45) is 0 Å². The summed E-state index contributed by atoms with van der Waals surface area (Å²) in [6.45, 7) is 11.2. The highest BCUT2D eigenvalue weighted by atomic mass is 32.2. The number of aromatic nitrogens is 3. The second kappa shape index (κ2) is 11.2. The van der Waals surface area contributed by atoms with E-state index in [1.807, 2.05) is 20.8 Å². The first-order chi connectivity index (χ1) is 21.4. The number of aryl methyl sites for hydroxylation is 1. The van der Waals surface area contributed by atoms with Gasteiger partial charge in [0.2, 0.25) is 5.91 Å². The Kier molecular flexibility index (Phi) is 7.62. The fraction of sp³-hybridized carbons (Fsp3) is 0.312. The van der Waals surface area contributed by atoms with Gasteiger partial charge < -0.3 is 14.9 Å². The van der Waals surface area contributed by atoms with Gasteiger partial charge in [-0.15, -0.1) is 11.8 Å². The van der Waals surface area contributed by atoms with Crippen molar-refractivity contribution >= 4 is 34.4 Å². The van der Waals surface area contributed by atoms with Gasteiger partial charge in [0.25, 0.3) is 0 Å². The van der Waals surface area contributed by atoms with Gasteiger partial charge in [0.15, 0.2) is 17.5 Å². The number of piperazine rings is 1. The van der Waals surface area contributed by atoms with Crippen LogP contribution in [0.5, 0.6) is 5.75 Å². The molecule has 2 unspecified atom stereocenters. The molecule has 234 valence electrons. The van der Waals surface area contributed by atoms with Crippen LogP contribution in [0.25, 0.3) is 27.7 Å². The Balaban J connectivity index is 1.78. The van der Waals surface area contributed by atoms with E-state index in [1.54, 1.807) is 29.0 Å². The second-order valence-corrected chi connectivity index (χ2v) is 12.6. The Hall–Kier alpha value is -4.39. The molecule has 2 aromatic carbocycles. The van der Waals surface area contributed by atoms with Gasteiger partial charge in [-0.05, 0) is 49.6 Å². The molecule has 0 spiro atoms. The van der Waals surface area contributed by atoms with Gasteiger partial charge in [0.1, 0.15) is 17.4 Å². The highest BCUT2D eigenvalue weighted by Crippen LogP contribution is 2.48. The molecule has 2 aromatic heterocycles. The fourth-order valence-corrected chi connectivity index (χ4v) is 7.45. The molecular weight excluding hydrogens is 610 g/mol. The molecule has 1 saturated heterocycles. The third-order valence-corrected chi connectivity index (χ3v) is 9.61. The van der Waals surface area contributed by atoms with Gasteiger partial charge in [-0.3, -0.25) is 14.3 Å². The van der Waals surface area contributed by atoms with E-state index in [1.165, 1.54) is 6.08 Å². The highest BCUT2D eigenvalue weighted by molar-refractivity contribution is 7.99. The first-order valence-electron chi connectivity index (χ1n) is 14.3. The summed E-state index contributed by atoms with van der Waals surface area (Å²) in [4.78, 5) is 38.8. The molecule has 2 aliphatic rings. The largest absolute Gasteiger partial charge is 0.507 e. The maximum absolute atomic E-state index is 17.1. The van der Waals surface area contributed by atoms with E-state index >= 15 is 13.2 Å². The van der Waals surface area contributed by atoms with Crippen LogP contribution in [-0.4, -0.2) is 61.4 Å². The number of halogens is 4. The number of phenolic OH excluding ortho intramolecular Hbond substituents is 1. The molecule has 1 amide bonds. The molecule has 0 bridgehead atoms. The lowest BCUT2D eigenvalue weighted by Crippen LogP contribution is -2.60. The Labute approximate surface area is 260 Å². The summed E-state index contributed by atoms with van der Waals surface area (Å²) in [5, 5.41) is 10.6. The van der Waals surface area contributed by atoms with Crippen molar-refractivity contribution in [3.63, 3.8) is 0 Å². The van der Waals surface area contributed by atoms with Crippen LogP contribution in [0.3, 0.4) is 0 Å². The lowest BCUT2D eigenvalue weighted by molar-refractivity contribution is -0.128. The predicted molar refractivity (Wildman–Crippen MR) is 164 cm³/mol. The average Bonchev–Trinajstić information content (AvgIpc) is 3.15. The molecule has 0 aliphatic carbocycles. The molecule has 0 saturated carbocycles. The minimum absolute atomic E-state index is 0.00901. The normalized spacial score (nSPS) is 17.9. The quantitative estimate of drug-likeness (QED) is 0.222. The van der Waals surface area contributed by atoms with Crippen LogP contribution in [0, 0.1) is 30.2 Å². The predicted octanol–water partition coefficient (Wildman–Crippen LogP) is 5.84. The molecule has 8 nitrogen and oxygen atoms in total. The van der Waals surface area contributed by atoms with Gasteiger partial charge in [-0.25, -0.2) is 22.4 Å². The topological polar surface area (TPSA) is 91.6 Å². The van der Waals surface area contributed by atoms with Crippen LogP contribution >= 0.6 is 11.8 Å². The smallest absolute Gasteiger partial charge is 0.354 e. The zero-order valence-electron chi connectivity index (χ0n) is 24.9. The summed E-state index contributed by atoms with van der Waals surface area (Å²) >= 11 is 0.979. The molecule has 2 aliphatic heterocycles. The molecule has 0 radical (unpaired) electrons. The number of hydrogen-bond donors (Lipinski definition) is 1. The monoisotopic (exact) mass is 639 g/mol. The van der Waals surface area contributed by atoms with Crippen molar-refractivity contribution < 1.29 is 27.5 Å². The summed E-state index contributed by atoms with van der Waals surface area (Å²) in [7, 11) is 0. The molecule has 45 heavy (non-hydrogen) atoms. The molecule has 4 aromatic rings. The van der Waals surface area contributed by atoms with Crippen LogP contribution in [-0.2, 0) is 4.79 Å². The summed E-state index contributed by atoms with van der Waals surface area (Å²) in [6.07, 6.45) is 2.75. The fourth-order valence-electron chi connectivity index (χ4n) is 6.24. The minimum Gasteiger partial charge on any atom is -0.507 e. The van der Waals surface area contributed by atoms with Crippen molar-refractivity contribution in [1.82, 2.24) is 19.4 Å². The number of hydrogen-bond acceptors (Lipinski definition) is 7. The molecule has 1 fully saturated rings. The Morgan fingerprint density at radius 3 is 2.53 bits per heavy atom. The number of nitrogens with zero attached hydrogens (tertiary/aromatic N) is 5. The van der Waals surface area contributed by atoms with Gasteiger partial charge in [-0.1, -0.05) is 20.4 Å². The number of rotatable bonds is 4. The van der Waals surface area contributed by atoms with Gasteiger partial charge in [-0.2, -0.15) is 4.98 Å². The maximum Gasteiger partial charge on any atom is 0.354 e. The molecule has 1 N–H and O–H groups in total. The van der Waals surface area contributed by atoms with E-state index in [-0.39, 0.29) is 58.5 Å². The number of benzene rings is 2. The van der Waals surface area contributed by atoms with E-state index in [2.05, 4.69) is 16.5 Å². The third-order valence-electron chi connectivity index (χ3n) is 8.39. The van der Waals surface area contributed by atoms with E-state index in [0.717, 1.165) is 22.4 Å². The van der Waals surface area contributed by atoms with Crippen molar-refractivity contribution in [1.29, 1.82) is 0 Å². The maximum atomic E-state index is 17.1. The molecular formula is C32H29F4N5O3S. The Morgan fingerprint density at radius 1 is 1.11 bits per heavy atom. The lowest BCUT2D eigenvalue weighted by atomic mass is 9.98. The van der Waals surface area contributed by atoms with Crippen molar-refractivity contribution in [3.8, 4) is 22.6 Å². The average molecular weight is 640 g/mol. The van der Waals surface area contributed by atoms with Crippen molar-refractivity contribution in [2.45, 2.75) is 50.6 Å². The molecule has 13 heteroatoms. The van der Waals surface area contributed by atoms with Crippen molar-refractivity contribution in [3.05, 3.63) is 82.1 Å². The number of aromatic hydroxyl groups is 1. The van der Waals surface area contributed by atoms with Crippen LogP contribution in [0.15, 0.2) is 46.7 Å². The first-order valence-corrected chi connectivity index (χ1v) is 15.3. The van der Waals surface area contributed by atoms with Gasteiger partial charge in [0.05, 0.1) is 44.3 Å². The van der Waals surface area contributed by atoms with E-state index in [4.69, 9.17) is 0 Å². The number of anilines is 1. The summed E-state index contributed by atoms with van der Waals surface area (Å²) < 4.78 is 64.6. The number of pyridine rings is 1. The number of thioether (sulfide) groups is 1. The van der Waals surface area contributed by atoms with Gasteiger partial charge >= 0.3 is 5.69 Å². The van der Waals surface area contributed by atoms with Crippen LogP contribution in [0.1, 0.15) is 37.9 Å². The van der Waals surface area contributed by atoms with Crippen LogP contribution in [0.2, 0.25) is 0 Å². The lowest BCUT2D eigenvalue weighted by Gasteiger charge is -2.45. The second-order valence-electron chi connectivity index (χ2n) is 11.5. The zero-order valence-corrected chi connectivity index (χ0v) is 25.7. The zero-order chi connectivity index (χ0) is 32.5. The summed E-state index contributed by atoms with van der Waals surface area (Å²) in [5.41, 5.74) is -2.13. The molecule has 6 rings (SSSR count). The highest BCUT2D eigenvalue weighted by Gasteiger charge is 2.40. The van der Waals surface area contributed by atoms with Crippen molar-refractivity contribution in [2.75, 3.05) is 23.7 Å². The first kappa shape index (κ1) is 30.6. The number of carbonyl (C=O) groups excluding carboxylic acids is 1. The van der Waals surface area contributed by atoms with Gasteiger partial charge in [0, 0.05) is 31.1 Å². The summed E-state index contributed by atoms with van der Waals surface area (Å²) in [6, 6.07) is 2.26. The molecule has 4 heterocycles. The standard InChI is InChI=1S/C32H29F4N5O3S/c1-6-20(43)39-12-17-13-45-30-23-29(25(35)22(26(30)36)21-19(42)8-7-18(33)24(21)34)41(28-15(4)9-10-37-27(28)14(2)3)32(44)38-31(23)40(17)11-16(39)5/h6-10,14,16-17,42H,1,11-13H2,2-5H3. The van der Waals surface area contributed by atoms with Crippen LogP contribution < -0.4 is 10.6 Å². The third kappa shape index (κ3) is 4.66. The Morgan fingerprint density at radius 2 is 1.84 bits per heavy atom. The van der Waals surface area contributed by atoms with E-state index in [9.17, 15) is 19.1 Å². The number of carbonyl (C=O) groups is 1. The van der Waals surface area contributed by atoms with E-state index in [0.29, 0.717) is 17.3 Å². The molecule has 2 atom stereocenters.